The van der Waals surface area contributed by atoms with E-state index in [4.69, 9.17) is 0 Å². The van der Waals surface area contributed by atoms with Crippen molar-refractivity contribution in [3.8, 4) is 5.69 Å². The lowest BCUT2D eigenvalue weighted by molar-refractivity contribution is 0.601. The molecule has 0 unspecified atom stereocenters. The molecule has 2 aromatic heterocycles. The molecule has 7 nitrogen and oxygen atoms in total. The average molecular weight is 355 g/mol. The lowest BCUT2D eigenvalue weighted by Crippen LogP contribution is -2.15. The highest BCUT2D eigenvalue weighted by Crippen LogP contribution is 2.24. The summed E-state index contributed by atoms with van der Waals surface area (Å²) >= 11 is 0. The highest BCUT2D eigenvalue weighted by molar-refractivity contribution is 7.92. The van der Waals surface area contributed by atoms with E-state index in [9.17, 15) is 8.42 Å². The van der Waals surface area contributed by atoms with Gasteiger partial charge in [-0.15, -0.1) is 5.10 Å². The maximum absolute atomic E-state index is 12.6. The first-order chi connectivity index (χ1) is 12.1. The lowest BCUT2D eigenvalue weighted by Gasteiger charge is -2.16. The Labute approximate surface area is 145 Å². The fourth-order valence-electron chi connectivity index (χ4n) is 2.99. The van der Waals surface area contributed by atoms with Gasteiger partial charge >= 0.3 is 0 Å². The quantitative estimate of drug-likeness (QED) is 0.776. The van der Waals surface area contributed by atoms with Gasteiger partial charge in [0.1, 0.15) is 5.82 Å². The Balaban J connectivity index is 1.57. The van der Waals surface area contributed by atoms with Crippen LogP contribution in [0.3, 0.4) is 0 Å². The topological polar surface area (TPSA) is 89.8 Å². The molecule has 1 aromatic carbocycles. The van der Waals surface area contributed by atoms with E-state index < -0.39 is 10.0 Å². The third kappa shape index (κ3) is 3.25. The van der Waals surface area contributed by atoms with Crippen LogP contribution in [0.15, 0.2) is 53.8 Å². The van der Waals surface area contributed by atoms with E-state index >= 15 is 0 Å². The molecule has 0 bridgehead atoms. The van der Waals surface area contributed by atoms with E-state index in [1.807, 2.05) is 6.07 Å². The first-order valence-electron chi connectivity index (χ1n) is 8.09. The molecule has 3 aromatic rings. The number of benzene rings is 1. The highest BCUT2D eigenvalue weighted by Gasteiger charge is 2.17. The van der Waals surface area contributed by atoms with E-state index in [-0.39, 0.29) is 4.90 Å². The van der Waals surface area contributed by atoms with E-state index in [1.54, 1.807) is 35.4 Å². The minimum atomic E-state index is -3.68. The van der Waals surface area contributed by atoms with Crippen LogP contribution in [0.4, 0.5) is 5.82 Å². The number of nitrogens with one attached hydrogen (secondary N) is 1. The standard InChI is InChI=1S/C17H17N5O2S/c23-25(24,16-7-5-15(6-8-16)22-10-9-19-21-22)20-17-11-13-3-1-2-4-14(13)12-18-17/h5-12H,1-4H2,(H,18,20). The Morgan fingerprint density at radius 2 is 1.80 bits per heavy atom. The number of aryl methyl sites for hydroxylation is 2. The third-order valence-corrected chi connectivity index (χ3v) is 5.67. The normalized spacial score (nSPS) is 14.1. The number of nitrogens with zero attached hydrogens (tertiary/aromatic N) is 4. The Morgan fingerprint density at radius 3 is 2.52 bits per heavy atom. The molecule has 128 valence electrons. The molecule has 0 fully saturated rings. The zero-order valence-electron chi connectivity index (χ0n) is 13.5. The molecule has 0 atom stereocenters. The van der Waals surface area contributed by atoms with Crippen LogP contribution in [-0.2, 0) is 22.9 Å². The smallest absolute Gasteiger partial charge is 0.263 e. The maximum atomic E-state index is 12.6. The summed E-state index contributed by atoms with van der Waals surface area (Å²) in [5, 5.41) is 7.61. The van der Waals surface area contributed by atoms with Crippen molar-refractivity contribution in [2.45, 2.75) is 30.6 Å². The summed E-state index contributed by atoms with van der Waals surface area (Å²) in [7, 11) is -3.68. The van der Waals surface area contributed by atoms with Crippen LogP contribution in [-0.4, -0.2) is 28.4 Å². The molecular formula is C17H17N5O2S. The van der Waals surface area contributed by atoms with Gasteiger partial charge in [0.15, 0.2) is 0 Å². The van der Waals surface area contributed by atoms with Crippen molar-refractivity contribution in [3.05, 3.63) is 60.0 Å². The summed E-state index contributed by atoms with van der Waals surface area (Å²) in [5.41, 5.74) is 3.13. The molecule has 1 aliphatic rings. The summed E-state index contributed by atoms with van der Waals surface area (Å²) in [6.45, 7) is 0. The fourth-order valence-corrected chi connectivity index (χ4v) is 3.99. The van der Waals surface area contributed by atoms with Gasteiger partial charge in [0.2, 0.25) is 0 Å². The van der Waals surface area contributed by atoms with Crippen LogP contribution in [0.2, 0.25) is 0 Å². The van der Waals surface area contributed by atoms with Gasteiger partial charge in [-0.25, -0.2) is 18.1 Å². The Morgan fingerprint density at radius 1 is 1.04 bits per heavy atom. The van der Waals surface area contributed by atoms with E-state index in [2.05, 4.69) is 20.0 Å². The summed E-state index contributed by atoms with van der Waals surface area (Å²) in [6.07, 6.45) is 9.32. The predicted octanol–water partition coefficient (Wildman–Crippen LogP) is 2.34. The number of fused-ring (bicyclic) bond motifs is 1. The lowest BCUT2D eigenvalue weighted by atomic mass is 9.93. The summed E-state index contributed by atoms with van der Waals surface area (Å²) in [5.74, 6) is 0.362. The number of anilines is 1. The highest BCUT2D eigenvalue weighted by atomic mass is 32.2. The third-order valence-electron chi connectivity index (χ3n) is 4.30. The van der Waals surface area contributed by atoms with Crippen molar-refractivity contribution in [2.75, 3.05) is 4.72 Å². The largest absolute Gasteiger partial charge is 0.263 e. The van der Waals surface area contributed by atoms with Gasteiger partial charge in [0, 0.05) is 6.20 Å². The molecule has 1 aliphatic carbocycles. The van der Waals surface area contributed by atoms with Crippen molar-refractivity contribution in [1.82, 2.24) is 20.0 Å². The van der Waals surface area contributed by atoms with Crippen LogP contribution in [0.25, 0.3) is 5.69 Å². The van der Waals surface area contributed by atoms with Gasteiger partial charge in [-0.05, 0) is 67.1 Å². The summed E-state index contributed by atoms with van der Waals surface area (Å²) in [4.78, 5) is 4.43. The molecule has 0 saturated carbocycles. The Hall–Kier alpha value is -2.74. The van der Waals surface area contributed by atoms with Crippen molar-refractivity contribution in [1.29, 1.82) is 0 Å². The Kier molecular flexibility index (Phi) is 3.96. The Bertz CT molecular complexity index is 982. The number of rotatable bonds is 4. The van der Waals surface area contributed by atoms with Gasteiger partial charge in [-0.1, -0.05) is 5.21 Å². The van der Waals surface area contributed by atoms with Crippen molar-refractivity contribution >= 4 is 15.8 Å². The SMILES string of the molecule is O=S(=O)(Nc1cc2c(cn1)CCCC2)c1ccc(-n2ccnn2)cc1. The predicted molar refractivity (Wildman–Crippen MR) is 93.0 cm³/mol. The molecule has 2 heterocycles. The monoisotopic (exact) mass is 355 g/mol. The van der Waals surface area contributed by atoms with Crippen LogP contribution in [0.5, 0.6) is 0 Å². The molecule has 4 rings (SSSR count). The molecule has 0 aliphatic heterocycles. The molecule has 0 amide bonds. The zero-order valence-corrected chi connectivity index (χ0v) is 14.3. The van der Waals surface area contributed by atoms with Crippen LogP contribution >= 0.6 is 0 Å². The first kappa shape index (κ1) is 15.8. The van der Waals surface area contributed by atoms with Crippen LogP contribution < -0.4 is 4.72 Å². The van der Waals surface area contributed by atoms with E-state index in [0.29, 0.717) is 5.82 Å². The van der Waals surface area contributed by atoms with Gasteiger partial charge < -0.3 is 0 Å². The minimum Gasteiger partial charge on any atom is -0.263 e. The molecule has 0 saturated heterocycles. The molecular weight excluding hydrogens is 338 g/mol. The zero-order chi connectivity index (χ0) is 17.3. The van der Waals surface area contributed by atoms with Crippen molar-refractivity contribution < 1.29 is 8.42 Å². The average Bonchev–Trinajstić information content (AvgIpc) is 3.16. The second-order valence-corrected chi connectivity index (χ2v) is 7.67. The second-order valence-electron chi connectivity index (χ2n) is 5.99. The minimum absolute atomic E-state index is 0.177. The molecule has 1 N–H and O–H groups in total. The number of sulfonamides is 1. The molecule has 8 heteroatoms. The van der Waals surface area contributed by atoms with Crippen molar-refractivity contribution in [2.24, 2.45) is 0 Å². The summed E-state index contributed by atoms with van der Waals surface area (Å²) < 4.78 is 29.3. The van der Waals surface area contributed by atoms with E-state index in [1.165, 1.54) is 23.3 Å². The second kappa shape index (κ2) is 6.29. The van der Waals surface area contributed by atoms with Gasteiger partial charge in [0.05, 0.1) is 23.0 Å². The van der Waals surface area contributed by atoms with Gasteiger partial charge in [-0.3, -0.25) is 4.72 Å². The number of pyridine rings is 1. The number of hydrogen-bond donors (Lipinski definition) is 1. The fraction of sp³-hybridized carbons (Fsp3) is 0.235. The van der Waals surface area contributed by atoms with Crippen LogP contribution in [0.1, 0.15) is 24.0 Å². The van der Waals surface area contributed by atoms with Gasteiger partial charge in [0.25, 0.3) is 10.0 Å². The van der Waals surface area contributed by atoms with E-state index in [0.717, 1.165) is 31.4 Å². The van der Waals surface area contributed by atoms with Crippen LogP contribution in [0, 0.1) is 0 Å². The number of aromatic nitrogens is 4. The maximum Gasteiger partial charge on any atom is 0.263 e. The van der Waals surface area contributed by atoms with Gasteiger partial charge in [-0.2, -0.15) is 0 Å². The number of hydrogen-bond acceptors (Lipinski definition) is 5. The van der Waals surface area contributed by atoms with Crippen molar-refractivity contribution in [3.63, 3.8) is 0 Å². The molecule has 0 radical (unpaired) electrons. The molecule has 0 spiro atoms. The first-order valence-corrected chi connectivity index (χ1v) is 9.57. The molecule has 25 heavy (non-hydrogen) atoms. The summed E-state index contributed by atoms with van der Waals surface area (Å²) in [6, 6.07) is 8.29.